The molecule has 0 heterocycles. The van der Waals surface area contributed by atoms with Crippen LogP contribution in [0.4, 0.5) is 0 Å². The van der Waals surface area contributed by atoms with Gasteiger partial charge in [-0.1, -0.05) is 55.8 Å². The van der Waals surface area contributed by atoms with Gasteiger partial charge in [-0.15, -0.1) is 0 Å². The number of fused-ring (bicyclic) bond motifs is 1. The Labute approximate surface area is 114 Å². The van der Waals surface area contributed by atoms with Crippen LogP contribution in [0.15, 0.2) is 42.5 Å². The number of benzene rings is 2. The Morgan fingerprint density at radius 2 is 1.89 bits per heavy atom. The van der Waals surface area contributed by atoms with Crippen LogP contribution in [-0.4, -0.2) is 10.9 Å². The molecule has 1 atom stereocenters. The number of hydrogen-bond acceptors (Lipinski definition) is 2. The van der Waals surface area contributed by atoms with E-state index in [9.17, 15) is 9.90 Å². The van der Waals surface area contributed by atoms with Gasteiger partial charge in [0.25, 0.3) is 0 Å². The Hall–Kier alpha value is -1.67. The van der Waals surface area contributed by atoms with E-state index < -0.39 is 6.10 Å². The highest BCUT2D eigenvalue weighted by Gasteiger charge is 2.14. The zero-order valence-electron chi connectivity index (χ0n) is 11.3. The van der Waals surface area contributed by atoms with Gasteiger partial charge in [0.15, 0.2) is 0 Å². The summed E-state index contributed by atoms with van der Waals surface area (Å²) in [5, 5.41) is 12.4. The number of hydrogen-bond donors (Lipinski definition) is 1. The highest BCUT2D eigenvalue weighted by atomic mass is 16.3. The van der Waals surface area contributed by atoms with Crippen LogP contribution in [0.3, 0.4) is 0 Å². The summed E-state index contributed by atoms with van der Waals surface area (Å²) in [7, 11) is 0. The minimum absolute atomic E-state index is 0.141. The number of aliphatic hydroxyl groups excluding tert-OH is 1. The van der Waals surface area contributed by atoms with E-state index in [1.165, 1.54) is 0 Å². The lowest BCUT2D eigenvalue weighted by atomic mass is 9.96. The lowest BCUT2D eigenvalue weighted by Crippen LogP contribution is -2.07. The molecule has 2 nitrogen and oxygen atoms in total. The minimum Gasteiger partial charge on any atom is -0.388 e. The molecule has 0 fully saturated rings. The van der Waals surface area contributed by atoms with Crippen LogP contribution in [-0.2, 0) is 4.79 Å². The summed E-state index contributed by atoms with van der Waals surface area (Å²) in [6, 6.07) is 13.8. The Bertz CT molecular complexity index is 555. The van der Waals surface area contributed by atoms with Gasteiger partial charge in [-0.3, -0.25) is 4.79 Å². The van der Waals surface area contributed by atoms with Crippen molar-refractivity contribution in [3.63, 3.8) is 0 Å². The van der Waals surface area contributed by atoms with Crippen molar-refractivity contribution in [2.75, 3.05) is 0 Å². The van der Waals surface area contributed by atoms with Crippen LogP contribution >= 0.6 is 0 Å². The highest BCUT2D eigenvalue weighted by molar-refractivity contribution is 5.87. The molecule has 0 radical (unpaired) electrons. The molecule has 2 rings (SSSR count). The molecule has 0 aliphatic heterocycles. The Morgan fingerprint density at radius 1 is 1.16 bits per heavy atom. The van der Waals surface area contributed by atoms with Crippen LogP contribution < -0.4 is 0 Å². The molecular formula is C17H20O2. The molecule has 0 saturated carbocycles. The SMILES string of the molecule is CCCCC(=O)CC(O)c1cccc2ccccc12. The molecule has 2 heteroatoms. The number of Topliss-reactive ketones (excluding diaryl/α,β-unsaturated/α-hetero) is 1. The van der Waals surface area contributed by atoms with E-state index >= 15 is 0 Å². The molecule has 19 heavy (non-hydrogen) atoms. The average Bonchev–Trinajstić information content (AvgIpc) is 2.44. The Kier molecular flexibility index (Phi) is 4.69. The minimum atomic E-state index is -0.699. The summed E-state index contributed by atoms with van der Waals surface area (Å²) in [4.78, 5) is 11.8. The monoisotopic (exact) mass is 256 g/mol. The van der Waals surface area contributed by atoms with Gasteiger partial charge in [0.2, 0.25) is 0 Å². The van der Waals surface area contributed by atoms with Crippen molar-refractivity contribution in [2.45, 2.75) is 38.7 Å². The number of unbranched alkanes of at least 4 members (excludes halogenated alkanes) is 1. The zero-order chi connectivity index (χ0) is 13.7. The predicted molar refractivity (Wildman–Crippen MR) is 78.1 cm³/mol. The number of aliphatic hydroxyl groups is 1. The zero-order valence-corrected chi connectivity index (χ0v) is 11.3. The Morgan fingerprint density at radius 3 is 2.68 bits per heavy atom. The second-order valence-corrected chi connectivity index (χ2v) is 4.93. The van der Waals surface area contributed by atoms with E-state index in [-0.39, 0.29) is 12.2 Å². The van der Waals surface area contributed by atoms with E-state index in [4.69, 9.17) is 0 Å². The molecule has 0 spiro atoms. The molecule has 1 N–H and O–H groups in total. The molecule has 2 aromatic rings. The first-order valence-corrected chi connectivity index (χ1v) is 6.89. The van der Waals surface area contributed by atoms with E-state index in [1.807, 2.05) is 42.5 Å². The first-order valence-electron chi connectivity index (χ1n) is 6.89. The maximum Gasteiger partial charge on any atom is 0.135 e. The van der Waals surface area contributed by atoms with Gasteiger partial charge in [0.1, 0.15) is 5.78 Å². The van der Waals surface area contributed by atoms with Crippen LogP contribution in [0.25, 0.3) is 10.8 Å². The van der Waals surface area contributed by atoms with E-state index in [0.29, 0.717) is 6.42 Å². The number of carbonyl (C=O) groups excluding carboxylic acids is 1. The molecule has 1 unspecified atom stereocenters. The fraction of sp³-hybridized carbons (Fsp3) is 0.353. The second-order valence-electron chi connectivity index (χ2n) is 4.93. The molecule has 0 amide bonds. The summed E-state index contributed by atoms with van der Waals surface area (Å²) in [6.45, 7) is 2.06. The lowest BCUT2D eigenvalue weighted by Gasteiger charge is -2.13. The maximum atomic E-state index is 11.8. The Balaban J connectivity index is 2.17. The van der Waals surface area contributed by atoms with Crippen LogP contribution in [0.5, 0.6) is 0 Å². The van der Waals surface area contributed by atoms with Gasteiger partial charge in [0, 0.05) is 12.8 Å². The standard InChI is InChI=1S/C17H20O2/c1-2-3-9-14(18)12-17(19)16-11-6-8-13-7-4-5-10-15(13)16/h4-8,10-11,17,19H,2-3,9,12H2,1H3. The van der Waals surface area contributed by atoms with Gasteiger partial charge in [-0.25, -0.2) is 0 Å². The van der Waals surface area contributed by atoms with Crippen LogP contribution in [0.2, 0.25) is 0 Å². The van der Waals surface area contributed by atoms with Gasteiger partial charge in [0.05, 0.1) is 6.10 Å². The first kappa shape index (κ1) is 13.8. The quantitative estimate of drug-likeness (QED) is 0.847. The largest absolute Gasteiger partial charge is 0.388 e. The smallest absolute Gasteiger partial charge is 0.135 e. The van der Waals surface area contributed by atoms with Crippen molar-refractivity contribution in [1.82, 2.24) is 0 Å². The van der Waals surface area contributed by atoms with Crippen molar-refractivity contribution in [3.05, 3.63) is 48.0 Å². The summed E-state index contributed by atoms with van der Waals surface area (Å²) < 4.78 is 0. The second kappa shape index (κ2) is 6.48. The number of carbonyl (C=O) groups is 1. The normalized spacial score (nSPS) is 12.5. The topological polar surface area (TPSA) is 37.3 Å². The summed E-state index contributed by atoms with van der Waals surface area (Å²) >= 11 is 0. The van der Waals surface area contributed by atoms with Crippen molar-refractivity contribution >= 4 is 16.6 Å². The van der Waals surface area contributed by atoms with Gasteiger partial charge < -0.3 is 5.11 Å². The van der Waals surface area contributed by atoms with E-state index in [0.717, 1.165) is 29.2 Å². The van der Waals surface area contributed by atoms with Crippen molar-refractivity contribution < 1.29 is 9.90 Å². The van der Waals surface area contributed by atoms with Gasteiger partial charge in [-0.2, -0.15) is 0 Å². The number of ketones is 1. The summed E-state index contributed by atoms with van der Waals surface area (Å²) in [5.41, 5.74) is 0.850. The fourth-order valence-corrected chi connectivity index (χ4v) is 2.34. The number of rotatable bonds is 6. The fourth-order valence-electron chi connectivity index (χ4n) is 2.34. The molecule has 100 valence electrons. The van der Waals surface area contributed by atoms with Crippen LogP contribution in [0.1, 0.15) is 44.3 Å². The molecule has 0 bridgehead atoms. The predicted octanol–water partition coefficient (Wildman–Crippen LogP) is 4.02. The third-order valence-corrected chi connectivity index (χ3v) is 3.41. The van der Waals surface area contributed by atoms with Crippen molar-refractivity contribution in [3.8, 4) is 0 Å². The third kappa shape index (κ3) is 3.42. The average molecular weight is 256 g/mol. The van der Waals surface area contributed by atoms with Crippen LogP contribution in [0, 0.1) is 0 Å². The van der Waals surface area contributed by atoms with Gasteiger partial charge >= 0.3 is 0 Å². The lowest BCUT2D eigenvalue weighted by molar-refractivity contribution is -0.121. The highest BCUT2D eigenvalue weighted by Crippen LogP contribution is 2.26. The maximum absolute atomic E-state index is 11.8. The molecule has 0 aliphatic carbocycles. The van der Waals surface area contributed by atoms with Crippen molar-refractivity contribution in [1.29, 1.82) is 0 Å². The summed E-state index contributed by atoms with van der Waals surface area (Å²) in [5.74, 6) is 0.141. The molecular weight excluding hydrogens is 236 g/mol. The molecule has 0 saturated heterocycles. The first-order chi connectivity index (χ1) is 9.22. The third-order valence-electron chi connectivity index (χ3n) is 3.41. The molecule has 0 aliphatic rings. The van der Waals surface area contributed by atoms with E-state index in [1.54, 1.807) is 0 Å². The molecule has 2 aromatic carbocycles. The molecule has 0 aromatic heterocycles. The van der Waals surface area contributed by atoms with Crippen molar-refractivity contribution in [2.24, 2.45) is 0 Å². The van der Waals surface area contributed by atoms with Gasteiger partial charge in [-0.05, 0) is 22.8 Å². The summed E-state index contributed by atoms with van der Waals surface area (Å²) in [6.07, 6.45) is 2.00. The van der Waals surface area contributed by atoms with E-state index in [2.05, 4.69) is 6.92 Å².